The van der Waals surface area contributed by atoms with Gasteiger partial charge in [0.05, 0.1) is 6.61 Å². The lowest BCUT2D eigenvalue weighted by Crippen LogP contribution is -2.35. The summed E-state index contributed by atoms with van der Waals surface area (Å²) in [7, 11) is 0. The van der Waals surface area contributed by atoms with Crippen molar-refractivity contribution >= 4 is 0 Å². The molecule has 0 amide bonds. The fourth-order valence-corrected chi connectivity index (χ4v) is 2.73. The van der Waals surface area contributed by atoms with Crippen LogP contribution in [0.15, 0.2) is 24.3 Å². The summed E-state index contributed by atoms with van der Waals surface area (Å²) in [6.45, 7) is 9.55. The second kappa shape index (κ2) is 6.59. The Kier molecular flexibility index (Phi) is 5.06. The summed E-state index contributed by atoms with van der Waals surface area (Å²) in [5, 5.41) is 9.30. The van der Waals surface area contributed by atoms with Crippen molar-refractivity contribution in [3.63, 3.8) is 0 Å². The Morgan fingerprint density at radius 3 is 2.85 bits per heavy atom. The minimum Gasteiger partial charge on any atom is -0.492 e. The predicted octanol–water partition coefficient (Wildman–Crippen LogP) is 2.82. The molecule has 3 heteroatoms. The van der Waals surface area contributed by atoms with Gasteiger partial charge in [0.2, 0.25) is 0 Å². The summed E-state index contributed by atoms with van der Waals surface area (Å²) < 4.78 is 5.87. The highest BCUT2D eigenvalue weighted by Crippen LogP contribution is 2.25. The van der Waals surface area contributed by atoms with E-state index in [1.54, 1.807) is 0 Å². The van der Waals surface area contributed by atoms with Crippen molar-refractivity contribution in [1.82, 2.24) is 4.90 Å². The van der Waals surface area contributed by atoms with Gasteiger partial charge in [-0.15, -0.1) is 0 Å². The Bertz CT molecular complexity index is 425. The van der Waals surface area contributed by atoms with Crippen LogP contribution in [0.1, 0.15) is 39.2 Å². The van der Waals surface area contributed by atoms with E-state index in [0.29, 0.717) is 12.6 Å². The molecule has 1 fully saturated rings. The fraction of sp³-hybridized carbons (Fsp3) is 0.647. The van der Waals surface area contributed by atoms with Gasteiger partial charge in [0.15, 0.2) is 0 Å². The lowest BCUT2D eigenvalue weighted by atomic mass is 9.87. The summed E-state index contributed by atoms with van der Waals surface area (Å²) in [6, 6.07) is 8.69. The molecule has 20 heavy (non-hydrogen) atoms. The van der Waals surface area contributed by atoms with E-state index in [9.17, 15) is 5.11 Å². The normalized spacial score (nSPS) is 20.3. The first-order valence-electron chi connectivity index (χ1n) is 7.59. The van der Waals surface area contributed by atoms with Crippen molar-refractivity contribution in [1.29, 1.82) is 0 Å². The van der Waals surface area contributed by atoms with Gasteiger partial charge in [-0.05, 0) is 42.5 Å². The summed E-state index contributed by atoms with van der Waals surface area (Å²) in [5.41, 5.74) is 1.44. The Morgan fingerprint density at radius 2 is 2.15 bits per heavy atom. The standard InChI is InChI=1S/C17H27NO2/c1-17(2,3)14-6-4-8-16(12-14)20-11-10-18-9-5-7-15(18)13-19/h4,6,8,12,15,19H,5,7,9-11,13H2,1-3H3. The third-order valence-corrected chi connectivity index (χ3v) is 4.06. The molecule has 0 spiro atoms. The molecule has 2 rings (SSSR count). The number of ether oxygens (including phenoxy) is 1. The van der Waals surface area contributed by atoms with Crippen molar-refractivity contribution in [2.75, 3.05) is 26.3 Å². The van der Waals surface area contributed by atoms with Crippen molar-refractivity contribution in [2.45, 2.75) is 45.1 Å². The molecule has 1 aromatic rings. The second-order valence-electron chi connectivity index (χ2n) is 6.64. The highest BCUT2D eigenvalue weighted by atomic mass is 16.5. The molecule has 0 radical (unpaired) electrons. The SMILES string of the molecule is CC(C)(C)c1cccc(OCCN2CCCC2CO)c1. The molecule has 0 bridgehead atoms. The number of aliphatic hydroxyl groups is 1. The molecule has 112 valence electrons. The number of rotatable bonds is 5. The lowest BCUT2D eigenvalue weighted by Gasteiger charge is -2.23. The molecule has 0 aromatic heterocycles. The Balaban J connectivity index is 1.85. The first kappa shape index (κ1) is 15.3. The second-order valence-corrected chi connectivity index (χ2v) is 6.64. The molecule has 1 atom stereocenters. The Morgan fingerprint density at radius 1 is 1.35 bits per heavy atom. The maximum absolute atomic E-state index is 9.30. The zero-order valence-electron chi connectivity index (χ0n) is 12.9. The quantitative estimate of drug-likeness (QED) is 0.898. The van der Waals surface area contributed by atoms with Crippen LogP contribution in [-0.2, 0) is 5.41 Å². The van der Waals surface area contributed by atoms with Crippen LogP contribution in [0.3, 0.4) is 0 Å². The minimum absolute atomic E-state index is 0.149. The molecular weight excluding hydrogens is 250 g/mol. The number of nitrogens with zero attached hydrogens (tertiary/aromatic N) is 1. The maximum atomic E-state index is 9.30. The van der Waals surface area contributed by atoms with Crippen LogP contribution in [0.25, 0.3) is 0 Å². The summed E-state index contributed by atoms with van der Waals surface area (Å²) in [5.74, 6) is 0.942. The first-order chi connectivity index (χ1) is 9.50. The van der Waals surface area contributed by atoms with Crippen LogP contribution >= 0.6 is 0 Å². The molecule has 1 heterocycles. The van der Waals surface area contributed by atoms with Gasteiger partial charge < -0.3 is 9.84 Å². The van der Waals surface area contributed by atoms with Crippen molar-refractivity contribution in [2.24, 2.45) is 0 Å². The largest absolute Gasteiger partial charge is 0.492 e. The summed E-state index contributed by atoms with van der Waals surface area (Å²) in [6.07, 6.45) is 2.29. The van der Waals surface area contributed by atoms with Gasteiger partial charge in [-0.3, -0.25) is 4.90 Å². The number of likely N-dealkylation sites (tertiary alicyclic amines) is 1. The summed E-state index contributed by atoms with van der Waals surface area (Å²) >= 11 is 0. The first-order valence-corrected chi connectivity index (χ1v) is 7.59. The van der Waals surface area contributed by atoms with Gasteiger partial charge in [0.1, 0.15) is 12.4 Å². The van der Waals surface area contributed by atoms with Crippen LogP contribution in [0.4, 0.5) is 0 Å². The van der Waals surface area contributed by atoms with Crippen molar-refractivity contribution in [3.8, 4) is 5.75 Å². The number of benzene rings is 1. The predicted molar refractivity (Wildman–Crippen MR) is 82.3 cm³/mol. The molecule has 1 unspecified atom stereocenters. The molecule has 1 aliphatic heterocycles. The van der Waals surface area contributed by atoms with Gasteiger partial charge in [-0.1, -0.05) is 32.9 Å². The van der Waals surface area contributed by atoms with Gasteiger partial charge in [-0.2, -0.15) is 0 Å². The third kappa shape index (κ3) is 3.97. The Hall–Kier alpha value is -1.06. The van der Waals surface area contributed by atoms with E-state index < -0.39 is 0 Å². The van der Waals surface area contributed by atoms with Crippen molar-refractivity contribution < 1.29 is 9.84 Å². The highest BCUT2D eigenvalue weighted by Gasteiger charge is 2.23. The lowest BCUT2D eigenvalue weighted by molar-refractivity contribution is 0.139. The molecule has 1 N–H and O–H groups in total. The summed E-state index contributed by atoms with van der Waals surface area (Å²) in [4.78, 5) is 2.33. The Labute approximate surface area is 122 Å². The van der Waals surface area contributed by atoms with Crippen LogP contribution in [0.5, 0.6) is 5.75 Å². The van der Waals surface area contributed by atoms with Crippen LogP contribution in [-0.4, -0.2) is 42.4 Å². The van der Waals surface area contributed by atoms with Gasteiger partial charge >= 0.3 is 0 Å². The van der Waals surface area contributed by atoms with E-state index in [1.807, 2.05) is 6.07 Å². The highest BCUT2D eigenvalue weighted by molar-refractivity contribution is 5.32. The van der Waals surface area contributed by atoms with Crippen LogP contribution < -0.4 is 4.74 Å². The smallest absolute Gasteiger partial charge is 0.119 e. The zero-order valence-corrected chi connectivity index (χ0v) is 12.9. The zero-order chi connectivity index (χ0) is 14.6. The molecule has 1 saturated heterocycles. The van der Waals surface area contributed by atoms with E-state index in [0.717, 1.165) is 25.3 Å². The van der Waals surface area contributed by atoms with E-state index in [1.165, 1.54) is 12.0 Å². The fourth-order valence-electron chi connectivity index (χ4n) is 2.73. The molecule has 3 nitrogen and oxygen atoms in total. The van der Waals surface area contributed by atoms with Crippen LogP contribution in [0.2, 0.25) is 0 Å². The third-order valence-electron chi connectivity index (χ3n) is 4.06. The monoisotopic (exact) mass is 277 g/mol. The molecule has 0 aliphatic carbocycles. The topological polar surface area (TPSA) is 32.7 Å². The minimum atomic E-state index is 0.149. The maximum Gasteiger partial charge on any atom is 0.119 e. The van der Waals surface area contributed by atoms with Gasteiger partial charge in [0, 0.05) is 12.6 Å². The number of aliphatic hydroxyl groups excluding tert-OH is 1. The van der Waals surface area contributed by atoms with Crippen LogP contribution in [0, 0.1) is 0 Å². The molecule has 1 aliphatic rings. The van der Waals surface area contributed by atoms with Crippen molar-refractivity contribution in [3.05, 3.63) is 29.8 Å². The average molecular weight is 277 g/mol. The van der Waals surface area contributed by atoms with Gasteiger partial charge in [0.25, 0.3) is 0 Å². The molecular formula is C17H27NO2. The number of hydrogen-bond donors (Lipinski definition) is 1. The van der Waals surface area contributed by atoms with E-state index >= 15 is 0 Å². The molecule has 1 aromatic carbocycles. The van der Waals surface area contributed by atoms with E-state index in [-0.39, 0.29) is 12.0 Å². The average Bonchev–Trinajstić information content (AvgIpc) is 2.86. The number of hydrogen-bond acceptors (Lipinski definition) is 3. The van der Waals surface area contributed by atoms with E-state index in [2.05, 4.69) is 43.9 Å². The van der Waals surface area contributed by atoms with E-state index in [4.69, 9.17) is 4.74 Å². The van der Waals surface area contributed by atoms with Gasteiger partial charge in [-0.25, -0.2) is 0 Å². The molecule has 0 saturated carbocycles.